The van der Waals surface area contributed by atoms with Crippen LogP contribution in [0.15, 0.2) is 65.8 Å². The Labute approximate surface area is 193 Å². The number of nitro benzene ring substituents is 2. The van der Waals surface area contributed by atoms with Gasteiger partial charge in [0.2, 0.25) is 5.75 Å². The molecular formula is C23H20N4O7. The molecule has 11 nitrogen and oxygen atoms in total. The molecule has 0 aliphatic carbocycles. The van der Waals surface area contributed by atoms with Gasteiger partial charge in [0.05, 0.1) is 22.1 Å². The van der Waals surface area contributed by atoms with Crippen molar-refractivity contribution in [3.05, 3.63) is 97.6 Å². The standard InChI is InChI=1S/C23H20N4O7/c1-15-6-7-16(2)22(10-15)33-14-23(28)25-24-13-17-4-3-5-19(11-17)34-21-9-8-18(26(29)30)12-20(21)27(31)32/h3-13H,14H2,1-2H3,(H,25,28)/b24-13+. The average Bonchev–Trinajstić information content (AvgIpc) is 2.80. The Kier molecular flexibility index (Phi) is 7.49. The first kappa shape index (κ1) is 23.9. The van der Waals surface area contributed by atoms with E-state index in [9.17, 15) is 25.0 Å². The third kappa shape index (κ3) is 6.36. The van der Waals surface area contributed by atoms with Gasteiger partial charge in [-0.15, -0.1) is 0 Å². The van der Waals surface area contributed by atoms with Crippen molar-refractivity contribution in [2.24, 2.45) is 5.10 Å². The number of hydrogen-bond acceptors (Lipinski definition) is 8. The second-order valence-electron chi connectivity index (χ2n) is 7.19. The molecule has 0 saturated heterocycles. The second kappa shape index (κ2) is 10.7. The van der Waals surface area contributed by atoms with Crippen LogP contribution in [0.3, 0.4) is 0 Å². The number of carbonyl (C=O) groups is 1. The molecule has 0 unspecified atom stereocenters. The molecule has 3 rings (SSSR count). The fraction of sp³-hybridized carbons (Fsp3) is 0.130. The number of benzene rings is 3. The lowest BCUT2D eigenvalue weighted by Crippen LogP contribution is -2.24. The summed E-state index contributed by atoms with van der Waals surface area (Å²) in [7, 11) is 0. The van der Waals surface area contributed by atoms with Gasteiger partial charge in [0, 0.05) is 6.07 Å². The molecule has 3 aromatic rings. The molecule has 0 aliphatic rings. The molecule has 0 aromatic heterocycles. The summed E-state index contributed by atoms with van der Waals surface area (Å²) in [5, 5.41) is 26.0. The maximum absolute atomic E-state index is 12.0. The van der Waals surface area contributed by atoms with Crippen LogP contribution in [0, 0.1) is 34.1 Å². The lowest BCUT2D eigenvalue weighted by Gasteiger charge is -2.09. The van der Waals surface area contributed by atoms with Crippen molar-refractivity contribution in [1.29, 1.82) is 0 Å². The quantitative estimate of drug-likeness (QED) is 0.280. The van der Waals surface area contributed by atoms with E-state index in [2.05, 4.69) is 10.5 Å². The molecule has 0 bridgehead atoms. The van der Waals surface area contributed by atoms with Crippen molar-refractivity contribution in [2.75, 3.05) is 6.61 Å². The largest absolute Gasteiger partial charge is 0.483 e. The molecule has 11 heteroatoms. The maximum Gasteiger partial charge on any atom is 0.318 e. The van der Waals surface area contributed by atoms with Crippen molar-refractivity contribution < 1.29 is 24.1 Å². The first-order valence-electron chi connectivity index (χ1n) is 9.95. The second-order valence-corrected chi connectivity index (χ2v) is 7.19. The molecule has 0 aliphatic heterocycles. The normalized spacial score (nSPS) is 10.6. The van der Waals surface area contributed by atoms with E-state index in [1.165, 1.54) is 12.3 Å². The summed E-state index contributed by atoms with van der Waals surface area (Å²) in [5.41, 5.74) is 3.86. The predicted octanol–water partition coefficient (Wildman–Crippen LogP) is 4.44. The number of nitrogens with zero attached hydrogens (tertiary/aromatic N) is 3. The van der Waals surface area contributed by atoms with Gasteiger partial charge >= 0.3 is 5.69 Å². The number of ether oxygens (including phenoxy) is 2. The number of non-ortho nitro benzene ring substituents is 1. The summed E-state index contributed by atoms with van der Waals surface area (Å²) in [5.74, 6) is 0.252. The topological polar surface area (TPSA) is 146 Å². The van der Waals surface area contributed by atoms with Crippen LogP contribution in [0.2, 0.25) is 0 Å². The molecule has 0 heterocycles. The van der Waals surface area contributed by atoms with Crippen molar-refractivity contribution in [3.63, 3.8) is 0 Å². The molecular weight excluding hydrogens is 444 g/mol. The van der Waals surface area contributed by atoms with Gasteiger partial charge < -0.3 is 9.47 Å². The number of rotatable bonds is 9. The summed E-state index contributed by atoms with van der Waals surface area (Å²) in [6.07, 6.45) is 1.37. The van der Waals surface area contributed by atoms with E-state index < -0.39 is 27.1 Å². The first-order chi connectivity index (χ1) is 16.2. The molecule has 0 spiro atoms. The third-order valence-electron chi connectivity index (χ3n) is 4.54. The minimum atomic E-state index is -0.760. The third-order valence-corrected chi connectivity index (χ3v) is 4.54. The molecule has 34 heavy (non-hydrogen) atoms. The molecule has 0 atom stereocenters. The Balaban J connectivity index is 1.62. The van der Waals surface area contributed by atoms with Gasteiger partial charge in [0.1, 0.15) is 11.5 Å². The number of amides is 1. The molecule has 174 valence electrons. The minimum Gasteiger partial charge on any atom is -0.483 e. The summed E-state index contributed by atoms with van der Waals surface area (Å²) in [4.78, 5) is 32.7. The molecule has 0 radical (unpaired) electrons. The Morgan fingerprint density at radius 2 is 1.79 bits per heavy atom. The van der Waals surface area contributed by atoms with Crippen LogP contribution in [0.4, 0.5) is 11.4 Å². The Morgan fingerprint density at radius 3 is 2.53 bits per heavy atom. The van der Waals surface area contributed by atoms with Gasteiger partial charge in [-0.2, -0.15) is 5.10 Å². The number of hydrogen-bond donors (Lipinski definition) is 1. The first-order valence-corrected chi connectivity index (χ1v) is 9.95. The van der Waals surface area contributed by atoms with E-state index in [1.807, 2.05) is 32.0 Å². The molecule has 0 fully saturated rings. The molecule has 0 saturated carbocycles. The fourth-order valence-corrected chi connectivity index (χ4v) is 2.85. The summed E-state index contributed by atoms with van der Waals surface area (Å²) < 4.78 is 11.1. The zero-order valence-electron chi connectivity index (χ0n) is 18.3. The monoisotopic (exact) mass is 464 g/mol. The fourth-order valence-electron chi connectivity index (χ4n) is 2.85. The average molecular weight is 464 g/mol. The number of hydrazone groups is 1. The Bertz CT molecular complexity index is 1270. The van der Waals surface area contributed by atoms with Crippen LogP contribution in [0.5, 0.6) is 17.2 Å². The molecule has 1 amide bonds. The van der Waals surface area contributed by atoms with Gasteiger partial charge in [-0.25, -0.2) is 5.43 Å². The van der Waals surface area contributed by atoms with Gasteiger partial charge in [-0.05, 0) is 54.8 Å². The van der Waals surface area contributed by atoms with Crippen LogP contribution in [0.1, 0.15) is 16.7 Å². The summed E-state index contributed by atoms with van der Waals surface area (Å²) in [6, 6.07) is 15.2. The number of nitro groups is 2. The van der Waals surface area contributed by atoms with E-state index in [1.54, 1.807) is 18.2 Å². The van der Waals surface area contributed by atoms with Crippen molar-refractivity contribution in [1.82, 2.24) is 5.43 Å². The van der Waals surface area contributed by atoms with E-state index in [-0.39, 0.29) is 18.1 Å². The number of nitrogens with one attached hydrogen (secondary N) is 1. The number of carbonyl (C=O) groups excluding carboxylic acids is 1. The van der Waals surface area contributed by atoms with Gasteiger partial charge in [0.15, 0.2) is 6.61 Å². The molecule has 1 N–H and O–H groups in total. The van der Waals surface area contributed by atoms with E-state index in [4.69, 9.17) is 9.47 Å². The van der Waals surface area contributed by atoms with Gasteiger partial charge in [0.25, 0.3) is 11.6 Å². The van der Waals surface area contributed by atoms with Crippen molar-refractivity contribution >= 4 is 23.5 Å². The lowest BCUT2D eigenvalue weighted by molar-refractivity contribution is -0.394. The Hall–Kier alpha value is -4.80. The summed E-state index contributed by atoms with van der Waals surface area (Å²) in [6.45, 7) is 3.59. The Morgan fingerprint density at radius 1 is 1.00 bits per heavy atom. The predicted molar refractivity (Wildman–Crippen MR) is 123 cm³/mol. The zero-order chi connectivity index (χ0) is 24.7. The van der Waals surface area contributed by atoms with Crippen LogP contribution in [-0.4, -0.2) is 28.6 Å². The zero-order valence-corrected chi connectivity index (χ0v) is 18.3. The SMILES string of the molecule is Cc1ccc(C)c(OCC(=O)N/N=C/c2cccc(Oc3ccc([N+](=O)[O-])cc3[N+](=O)[O-])c2)c1. The smallest absolute Gasteiger partial charge is 0.318 e. The van der Waals surface area contributed by atoms with E-state index >= 15 is 0 Å². The van der Waals surface area contributed by atoms with Crippen LogP contribution in [0.25, 0.3) is 0 Å². The van der Waals surface area contributed by atoms with Crippen LogP contribution >= 0.6 is 0 Å². The lowest BCUT2D eigenvalue weighted by atomic mass is 10.1. The van der Waals surface area contributed by atoms with Gasteiger partial charge in [-0.3, -0.25) is 25.0 Å². The summed E-state index contributed by atoms with van der Waals surface area (Å²) >= 11 is 0. The van der Waals surface area contributed by atoms with Crippen molar-refractivity contribution in [2.45, 2.75) is 13.8 Å². The highest BCUT2D eigenvalue weighted by Gasteiger charge is 2.21. The highest BCUT2D eigenvalue weighted by molar-refractivity contribution is 5.83. The molecule has 3 aromatic carbocycles. The minimum absolute atomic E-state index is 0.151. The van der Waals surface area contributed by atoms with Crippen LogP contribution in [-0.2, 0) is 4.79 Å². The van der Waals surface area contributed by atoms with Gasteiger partial charge in [-0.1, -0.05) is 24.3 Å². The van der Waals surface area contributed by atoms with Crippen molar-refractivity contribution in [3.8, 4) is 17.2 Å². The van der Waals surface area contributed by atoms with E-state index in [0.717, 1.165) is 29.3 Å². The number of aryl methyl sites for hydroxylation is 2. The highest BCUT2D eigenvalue weighted by atomic mass is 16.6. The van der Waals surface area contributed by atoms with Crippen LogP contribution < -0.4 is 14.9 Å². The maximum atomic E-state index is 12.0. The van der Waals surface area contributed by atoms with E-state index in [0.29, 0.717) is 11.3 Å². The highest BCUT2D eigenvalue weighted by Crippen LogP contribution is 2.34.